The fraction of sp³-hybridized carbons (Fsp3) is 0.182. The van der Waals surface area contributed by atoms with Gasteiger partial charge >= 0.3 is 5.97 Å². The summed E-state index contributed by atoms with van der Waals surface area (Å²) in [5.74, 6) is 0.254. The Labute approximate surface area is 104 Å². The molecule has 18 heavy (non-hydrogen) atoms. The molecule has 0 saturated carbocycles. The molecule has 0 fully saturated rings. The normalized spacial score (nSPS) is 12.7. The van der Waals surface area contributed by atoms with Crippen LogP contribution in [0.2, 0.25) is 0 Å². The summed E-state index contributed by atoms with van der Waals surface area (Å²) in [6.45, 7) is 1.47. The first kappa shape index (κ1) is 14.0. The quantitative estimate of drug-likeness (QED) is 0.686. The lowest BCUT2D eigenvalue weighted by Gasteiger charge is -2.10. The number of aromatic carboxylic acids is 1. The number of terminal acetylenes is 1. The molecule has 0 amide bonds. The molecule has 0 heterocycles. The summed E-state index contributed by atoms with van der Waals surface area (Å²) in [7, 11) is -3.91. The molecule has 1 rings (SSSR count). The first-order valence-corrected chi connectivity index (χ1v) is 6.31. The third-order valence-corrected chi connectivity index (χ3v) is 3.63. The smallest absolute Gasteiger partial charge is 0.339 e. The molecule has 0 aliphatic carbocycles. The van der Waals surface area contributed by atoms with Gasteiger partial charge in [0.2, 0.25) is 10.0 Å². The Kier molecular flexibility index (Phi) is 3.96. The predicted octanol–water partition coefficient (Wildman–Crippen LogP) is 0.390. The van der Waals surface area contributed by atoms with Gasteiger partial charge in [-0.05, 0) is 25.1 Å². The largest absolute Gasteiger partial charge is 0.507 e. The lowest BCUT2D eigenvalue weighted by Crippen LogP contribution is -2.31. The minimum atomic E-state index is -3.91. The van der Waals surface area contributed by atoms with Crippen molar-refractivity contribution in [3.8, 4) is 18.1 Å². The zero-order valence-electron chi connectivity index (χ0n) is 9.41. The molecule has 0 spiro atoms. The Morgan fingerprint density at radius 3 is 2.61 bits per heavy atom. The SMILES string of the molecule is C#CC(C)NS(=O)(=O)c1ccc(O)c(C(=O)O)c1. The average molecular weight is 269 g/mol. The number of carbonyl (C=O) groups is 1. The number of benzene rings is 1. The van der Waals surface area contributed by atoms with Crippen LogP contribution in [0.5, 0.6) is 5.75 Å². The number of aromatic hydroxyl groups is 1. The van der Waals surface area contributed by atoms with E-state index in [0.717, 1.165) is 18.2 Å². The Bertz CT molecular complexity index is 615. The minimum Gasteiger partial charge on any atom is -0.507 e. The van der Waals surface area contributed by atoms with Gasteiger partial charge in [-0.1, -0.05) is 5.92 Å². The van der Waals surface area contributed by atoms with Crippen LogP contribution in [0.4, 0.5) is 0 Å². The molecule has 0 saturated heterocycles. The summed E-state index contributed by atoms with van der Waals surface area (Å²) in [6.07, 6.45) is 5.05. The molecule has 0 aliphatic heterocycles. The number of rotatable bonds is 4. The molecule has 0 radical (unpaired) electrons. The van der Waals surface area contributed by atoms with Crippen LogP contribution in [-0.4, -0.2) is 30.6 Å². The van der Waals surface area contributed by atoms with Crippen LogP contribution in [0.3, 0.4) is 0 Å². The number of nitrogens with one attached hydrogen (secondary N) is 1. The molecule has 7 heteroatoms. The van der Waals surface area contributed by atoms with E-state index in [2.05, 4.69) is 10.6 Å². The van der Waals surface area contributed by atoms with Gasteiger partial charge in [0, 0.05) is 0 Å². The number of carboxylic acid groups (broad SMARTS) is 1. The van der Waals surface area contributed by atoms with Gasteiger partial charge in [-0.3, -0.25) is 0 Å². The molecular formula is C11H11NO5S. The molecule has 1 aromatic rings. The van der Waals surface area contributed by atoms with Gasteiger partial charge in [0.05, 0.1) is 10.9 Å². The molecule has 1 atom stereocenters. The third kappa shape index (κ3) is 3.00. The van der Waals surface area contributed by atoms with E-state index < -0.39 is 33.3 Å². The van der Waals surface area contributed by atoms with Crippen molar-refractivity contribution in [3.05, 3.63) is 23.8 Å². The van der Waals surface area contributed by atoms with Gasteiger partial charge in [0.1, 0.15) is 11.3 Å². The molecule has 0 bridgehead atoms. The van der Waals surface area contributed by atoms with Gasteiger partial charge < -0.3 is 10.2 Å². The van der Waals surface area contributed by atoms with Gasteiger partial charge in [-0.2, -0.15) is 4.72 Å². The van der Waals surface area contributed by atoms with E-state index in [0.29, 0.717) is 0 Å². The molecule has 1 unspecified atom stereocenters. The Balaban J connectivity index is 3.23. The predicted molar refractivity (Wildman–Crippen MR) is 63.7 cm³/mol. The van der Waals surface area contributed by atoms with Crippen LogP contribution < -0.4 is 4.72 Å². The van der Waals surface area contributed by atoms with Crippen LogP contribution in [-0.2, 0) is 10.0 Å². The molecule has 6 nitrogen and oxygen atoms in total. The maximum atomic E-state index is 11.8. The van der Waals surface area contributed by atoms with Crippen molar-refractivity contribution in [2.75, 3.05) is 0 Å². The molecular weight excluding hydrogens is 258 g/mol. The standard InChI is InChI=1S/C11H11NO5S/c1-3-7(2)12-18(16,17)8-4-5-10(13)9(6-8)11(14)15/h1,4-7,12-13H,2H3,(H,14,15). The van der Waals surface area contributed by atoms with Crippen molar-refractivity contribution in [1.29, 1.82) is 0 Å². The lowest BCUT2D eigenvalue weighted by atomic mass is 10.2. The number of carboxylic acids is 1. The highest BCUT2D eigenvalue weighted by Gasteiger charge is 2.19. The third-order valence-electron chi connectivity index (χ3n) is 2.09. The van der Waals surface area contributed by atoms with E-state index >= 15 is 0 Å². The van der Waals surface area contributed by atoms with E-state index in [4.69, 9.17) is 11.5 Å². The lowest BCUT2D eigenvalue weighted by molar-refractivity contribution is 0.0693. The van der Waals surface area contributed by atoms with Crippen LogP contribution in [0.25, 0.3) is 0 Å². The highest BCUT2D eigenvalue weighted by molar-refractivity contribution is 7.89. The Hall–Kier alpha value is -2.04. The van der Waals surface area contributed by atoms with Crippen LogP contribution in [0.15, 0.2) is 23.1 Å². The fourth-order valence-electron chi connectivity index (χ4n) is 1.19. The molecule has 1 aromatic carbocycles. The summed E-state index contributed by atoms with van der Waals surface area (Å²) in [5, 5.41) is 18.0. The number of hydrogen-bond acceptors (Lipinski definition) is 4. The van der Waals surface area contributed by atoms with Crippen molar-refractivity contribution in [2.45, 2.75) is 17.9 Å². The van der Waals surface area contributed by atoms with Gasteiger partial charge in [-0.25, -0.2) is 13.2 Å². The second-order valence-corrected chi connectivity index (χ2v) is 5.21. The van der Waals surface area contributed by atoms with Gasteiger partial charge in [0.15, 0.2) is 0 Å². The molecule has 0 aliphatic rings. The topological polar surface area (TPSA) is 104 Å². The van der Waals surface area contributed by atoms with Crippen LogP contribution in [0, 0.1) is 12.3 Å². The number of phenols is 1. The fourth-order valence-corrected chi connectivity index (χ4v) is 2.38. The summed E-state index contributed by atoms with van der Waals surface area (Å²) in [5.41, 5.74) is -0.494. The van der Waals surface area contributed by atoms with Crippen LogP contribution in [0.1, 0.15) is 17.3 Å². The first-order valence-electron chi connectivity index (χ1n) is 4.82. The van der Waals surface area contributed by atoms with Gasteiger partial charge in [0.25, 0.3) is 0 Å². The van der Waals surface area contributed by atoms with Crippen molar-refractivity contribution < 1.29 is 23.4 Å². The van der Waals surface area contributed by atoms with Crippen molar-refractivity contribution >= 4 is 16.0 Å². The summed E-state index contributed by atoms with van der Waals surface area (Å²) >= 11 is 0. The highest BCUT2D eigenvalue weighted by atomic mass is 32.2. The molecule has 0 aromatic heterocycles. The van der Waals surface area contributed by atoms with E-state index in [-0.39, 0.29) is 4.90 Å². The van der Waals surface area contributed by atoms with E-state index in [1.807, 2.05) is 0 Å². The summed E-state index contributed by atoms with van der Waals surface area (Å²) in [6, 6.07) is 2.23. The number of hydrogen-bond donors (Lipinski definition) is 3. The Morgan fingerprint density at radius 2 is 2.11 bits per heavy atom. The van der Waals surface area contributed by atoms with Crippen LogP contribution >= 0.6 is 0 Å². The monoisotopic (exact) mass is 269 g/mol. The summed E-state index contributed by atoms with van der Waals surface area (Å²) < 4.78 is 25.8. The summed E-state index contributed by atoms with van der Waals surface area (Å²) in [4.78, 5) is 10.5. The van der Waals surface area contributed by atoms with Crippen molar-refractivity contribution in [1.82, 2.24) is 4.72 Å². The molecule has 3 N–H and O–H groups in total. The minimum absolute atomic E-state index is 0.278. The van der Waals surface area contributed by atoms with E-state index in [1.165, 1.54) is 6.92 Å². The van der Waals surface area contributed by atoms with Crippen molar-refractivity contribution in [3.63, 3.8) is 0 Å². The van der Waals surface area contributed by atoms with E-state index in [1.54, 1.807) is 0 Å². The zero-order valence-corrected chi connectivity index (χ0v) is 10.2. The second-order valence-electron chi connectivity index (χ2n) is 3.49. The highest BCUT2D eigenvalue weighted by Crippen LogP contribution is 2.21. The number of sulfonamides is 1. The second kappa shape index (κ2) is 5.08. The first-order chi connectivity index (χ1) is 8.27. The maximum Gasteiger partial charge on any atom is 0.339 e. The zero-order chi connectivity index (χ0) is 13.9. The average Bonchev–Trinajstić information content (AvgIpc) is 2.28. The van der Waals surface area contributed by atoms with Gasteiger partial charge in [-0.15, -0.1) is 6.42 Å². The Morgan fingerprint density at radius 1 is 1.50 bits per heavy atom. The molecule has 96 valence electrons. The van der Waals surface area contributed by atoms with E-state index in [9.17, 15) is 18.3 Å². The maximum absolute atomic E-state index is 11.8. The van der Waals surface area contributed by atoms with Crippen molar-refractivity contribution in [2.24, 2.45) is 0 Å².